The van der Waals surface area contributed by atoms with Gasteiger partial charge in [0.05, 0.1) is 11.3 Å². The second-order valence-corrected chi connectivity index (χ2v) is 6.71. The summed E-state index contributed by atoms with van der Waals surface area (Å²) in [6.45, 7) is 6.00. The molecule has 3 aromatic rings. The first-order valence-electron chi connectivity index (χ1n) is 9.50. The number of fused-ring (bicyclic) bond motifs is 1. The number of aryl methyl sites for hydroxylation is 2. The van der Waals surface area contributed by atoms with Crippen molar-refractivity contribution in [3.8, 4) is 5.75 Å². The molecule has 0 radical (unpaired) electrons. The van der Waals surface area contributed by atoms with Crippen LogP contribution in [0.3, 0.4) is 0 Å². The molecule has 1 N–H and O–H groups in total. The van der Waals surface area contributed by atoms with E-state index in [-0.39, 0.29) is 24.7 Å². The molecule has 152 valence electrons. The van der Waals surface area contributed by atoms with E-state index in [2.05, 4.69) is 10.5 Å². The van der Waals surface area contributed by atoms with E-state index in [1.54, 1.807) is 12.1 Å². The predicted octanol–water partition coefficient (Wildman–Crippen LogP) is 3.71. The summed E-state index contributed by atoms with van der Waals surface area (Å²) in [5, 5.41) is 8.40. The van der Waals surface area contributed by atoms with E-state index >= 15 is 0 Å². The van der Waals surface area contributed by atoms with Crippen LogP contribution >= 0.6 is 0 Å². The molecule has 0 saturated heterocycles. The van der Waals surface area contributed by atoms with Crippen molar-refractivity contribution < 1.29 is 23.6 Å². The molecule has 1 heterocycles. The number of carbonyl (C=O) groups excluding carboxylic acids is 2. The molecule has 0 atom stereocenters. The van der Waals surface area contributed by atoms with Crippen LogP contribution in [0, 0.1) is 13.8 Å². The van der Waals surface area contributed by atoms with E-state index in [1.165, 1.54) is 0 Å². The highest BCUT2D eigenvalue weighted by atomic mass is 16.5. The van der Waals surface area contributed by atoms with Gasteiger partial charge in [-0.15, -0.1) is 0 Å². The van der Waals surface area contributed by atoms with Crippen LogP contribution in [0.2, 0.25) is 0 Å². The van der Waals surface area contributed by atoms with E-state index in [4.69, 9.17) is 14.0 Å². The van der Waals surface area contributed by atoms with Gasteiger partial charge < -0.3 is 19.3 Å². The van der Waals surface area contributed by atoms with Crippen LogP contribution in [-0.2, 0) is 16.1 Å². The third kappa shape index (κ3) is 4.93. The number of nitrogens with zero attached hydrogens (tertiary/aromatic N) is 1. The summed E-state index contributed by atoms with van der Waals surface area (Å²) in [6, 6.07) is 11.1. The number of carbonyl (C=O) groups is 2. The van der Waals surface area contributed by atoms with Gasteiger partial charge in [-0.05, 0) is 43.2 Å². The number of esters is 1. The van der Waals surface area contributed by atoms with Crippen molar-refractivity contribution in [1.29, 1.82) is 0 Å². The molecule has 0 saturated carbocycles. The Balaban J connectivity index is 1.83. The number of aromatic nitrogens is 1. The molecule has 7 nitrogen and oxygen atoms in total. The Labute approximate surface area is 169 Å². The van der Waals surface area contributed by atoms with Crippen molar-refractivity contribution in [3.05, 3.63) is 59.0 Å². The summed E-state index contributed by atoms with van der Waals surface area (Å²) < 4.78 is 16.3. The third-order valence-electron chi connectivity index (χ3n) is 4.53. The van der Waals surface area contributed by atoms with Gasteiger partial charge in [-0.3, -0.25) is 4.79 Å². The zero-order chi connectivity index (χ0) is 20.8. The molecule has 0 aliphatic carbocycles. The Morgan fingerprint density at radius 1 is 1.14 bits per heavy atom. The highest BCUT2D eigenvalue weighted by Crippen LogP contribution is 2.28. The Hall–Kier alpha value is -3.35. The number of ether oxygens (including phenoxy) is 2. The zero-order valence-electron chi connectivity index (χ0n) is 16.8. The standard InChI is InChI=1S/C22H24N2O5/c1-4-9-23-21(25)13-28-22(26)18-10-16-7-5-6-8-17(16)11-20(18)27-12-19-14(2)24-29-15(19)3/h5-8,10-11H,4,9,12-13H2,1-3H3,(H,23,25). The number of benzene rings is 2. The van der Waals surface area contributed by atoms with Crippen LogP contribution in [0.4, 0.5) is 0 Å². The SMILES string of the molecule is CCCNC(=O)COC(=O)c1cc2ccccc2cc1OCc1c(C)noc1C. The molecule has 0 aliphatic heterocycles. The first-order chi connectivity index (χ1) is 14.0. The lowest BCUT2D eigenvalue weighted by Crippen LogP contribution is -2.29. The Kier molecular flexibility index (Phi) is 6.49. The summed E-state index contributed by atoms with van der Waals surface area (Å²) in [5.41, 5.74) is 1.83. The van der Waals surface area contributed by atoms with Gasteiger partial charge in [0.2, 0.25) is 0 Å². The van der Waals surface area contributed by atoms with Gasteiger partial charge in [0.25, 0.3) is 5.91 Å². The second-order valence-electron chi connectivity index (χ2n) is 6.71. The molecular weight excluding hydrogens is 372 g/mol. The minimum atomic E-state index is -0.615. The fourth-order valence-electron chi connectivity index (χ4n) is 2.88. The van der Waals surface area contributed by atoms with Crippen LogP contribution in [0.25, 0.3) is 10.8 Å². The van der Waals surface area contributed by atoms with Gasteiger partial charge in [-0.1, -0.05) is 36.3 Å². The van der Waals surface area contributed by atoms with Crippen molar-refractivity contribution in [2.75, 3.05) is 13.2 Å². The Morgan fingerprint density at radius 2 is 1.86 bits per heavy atom. The number of hydrogen-bond acceptors (Lipinski definition) is 6. The summed E-state index contributed by atoms with van der Waals surface area (Å²) in [6.07, 6.45) is 0.810. The quantitative estimate of drug-likeness (QED) is 0.584. The molecule has 0 bridgehead atoms. The van der Waals surface area contributed by atoms with Crippen LogP contribution < -0.4 is 10.1 Å². The molecular formula is C22H24N2O5. The monoisotopic (exact) mass is 396 g/mol. The smallest absolute Gasteiger partial charge is 0.342 e. The van der Waals surface area contributed by atoms with Gasteiger partial charge in [-0.2, -0.15) is 0 Å². The van der Waals surface area contributed by atoms with Gasteiger partial charge >= 0.3 is 5.97 Å². The molecule has 0 aliphatic rings. The molecule has 0 spiro atoms. The highest BCUT2D eigenvalue weighted by molar-refractivity contribution is 5.99. The van der Waals surface area contributed by atoms with Crippen molar-refractivity contribution in [3.63, 3.8) is 0 Å². The summed E-state index contributed by atoms with van der Waals surface area (Å²) >= 11 is 0. The first kappa shape index (κ1) is 20.4. The van der Waals surface area contributed by atoms with Crippen molar-refractivity contribution in [2.24, 2.45) is 0 Å². The lowest BCUT2D eigenvalue weighted by atomic mass is 10.1. The fourth-order valence-corrected chi connectivity index (χ4v) is 2.88. The molecule has 1 amide bonds. The summed E-state index contributed by atoms with van der Waals surface area (Å²) in [4.78, 5) is 24.4. The van der Waals surface area contributed by atoms with Crippen molar-refractivity contribution in [2.45, 2.75) is 33.8 Å². The lowest BCUT2D eigenvalue weighted by molar-refractivity contribution is -0.124. The first-order valence-corrected chi connectivity index (χ1v) is 9.50. The Bertz CT molecular complexity index is 1010. The molecule has 3 rings (SSSR count). The van der Waals surface area contributed by atoms with Crippen LogP contribution in [0.5, 0.6) is 5.75 Å². The normalized spacial score (nSPS) is 10.7. The fraction of sp³-hybridized carbons (Fsp3) is 0.318. The number of nitrogens with one attached hydrogen (secondary N) is 1. The minimum absolute atomic E-state index is 0.205. The molecule has 29 heavy (non-hydrogen) atoms. The number of amides is 1. The average molecular weight is 396 g/mol. The van der Waals surface area contributed by atoms with Crippen LogP contribution in [0.1, 0.15) is 40.7 Å². The molecule has 7 heteroatoms. The van der Waals surface area contributed by atoms with Gasteiger partial charge in [-0.25, -0.2) is 4.79 Å². The molecule has 0 fully saturated rings. The van der Waals surface area contributed by atoms with Gasteiger partial charge in [0, 0.05) is 6.54 Å². The van der Waals surface area contributed by atoms with Crippen molar-refractivity contribution >= 4 is 22.6 Å². The van der Waals surface area contributed by atoms with Gasteiger partial charge in [0.1, 0.15) is 23.7 Å². The Morgan fingerprint density at radius 3 is 2.52 bits per heavy atom. The van der Waals surface area contributed by atoms with Gasteiger partial charge in [0.15, 0.2) is 6.61 Å². The number of hydrogen-bond donors (Lipinski definition) is 1. The summed E-state index contributed by atoms with van der Waals surface area (Å²) in [7, 11) is 0. The largest absolute Gasteiger partial charge is 0.488 e. The average Bonchev–Trinajstić information content (AvgIpc) is 3.05. The van der Waals surface area contributed by atoms with E-state index in [0.29, 0.717) is 18.1 Å². The molecule has 2 aromatic carbocycles. The maximum absolute atomic E-state index is 12.7. The van der Waals surface area contributed by atoms with Crippen molar-refractivity contribution in [1.82, 2.24) is 10.5 Å². The highest BCUT2D eigenvalue weighted by Gasteiger charge is 2.18. The maximum atomic E-state index is 12.7. The number of rotatable bonds is 8. The molecule has 1 aromatic heterocycles. The van der Waals surface area contributed by atoms with E-state index in [1.807, 2.05) is 45.0 Å². The minimum Gasteiger partial charge on any atom is -0.488 e. The van der Waals surface area contributed by atoms with E-state index in [0.717, 1.165) is 28.5 Å². The van der Waals surface area contributed by atoms with Crippen LogP contribution in [0.15, 0.2) is 40.9 Å². The second kappa shape index (κ2) is 9.23. The van der Waals surface area contributed by atoms with E-state index < -0.39 is 5.97 Å². The topological polar surface area (TPSA) is 90.7 Å². The third-order valence-corrected chi connectivity index (χ3v) is 4.53. The predicted molar refractivity (Wildman–Crippen MR) is 108 cm³/mol. The summed E-state index contributed by atoms with van der Waals surface area (Å²) in [5.74, 6) is 0.0954. The van der Waals surface area contributed by atoms with Crippen LogP contribution in [-0.4, -0.2) is 30.2 Å². The maximum Gasteiger partial charge on any atom is 0.342 e. The lowest BCUT2D eigenvalue weighted by Gasteiger charge is -2.13. The molecule has 0 unspecified atom stereocenters. The zero-order valence-corrected chi connectivity index (χ0v) is 16.8. The van der Waals surface area contributed by atoms with E-state index in [9.17, 15) is 9.59 Å².